The van der Waals surface area contributed by atoms with Crippen LogP contribution in [0.25, 0.3) is 0 Å². The lowest BCUT2D eigenvalue weighted by atomic mass is 9.98. The van der Waals surface area contributed by atoms with Gasteiger partial charge in [-0.2, -0.15) is 5.10 Å². The Balaban J connectivity index is 2.22. The van der Waals surface area contributed by atoms with Gasteiger partial charge >= 0.3 is 0 Å². The Bertz CT molecular complexity index is 696. The van der Waals surface area contributed by atoms with Gasteiger partial charge in [0.25, 0.3) is 10.0 Å². The van der Waals surface area contributed by atoms with E-state index in [2.05, 4.69) is 20.0 Å². The highest BCUT2D eigenvalue weighted by atomic mass is 32.2. The smallest absolute Gasteiger partial charge is 0.266 e. The van der Waals surface area contributed by atoms with Crippen molar-refractivity contribution in [3.63, 3.8) is 0 Å². The van der Waals surface area contributed by atoms with Crippen molar-refractivity contribution >= 4 is 26.5 Å². The van der Waals surface area contributed by atoms with E-state index < -0.39 is 10.0 Å². The maximum absolute atomic E-state index is 12.2. The highest BCUT2D eigenvalue weighted by Crippen LogP contribution is 2.28. The Kier molecular flexibility index (Phi) is 3.83. The van der Waals surface area contributed by atoms with Gasteiger partial charge in [-0.3, -0.25) is 9.40 Å². The molecule has 2 heterocycles. The molecule has 0 bridgehead atoms. The third-order valence-electron chi connectivity index (χ3n) is 2.53. The van der Waals surface area contributed by atoms with Gasteiger partial charge in [-0.05, 0) is 6.92 Å². The molecule has 7 nitrogen and oxygen atoms in total. The van der Waals surface area contributed by atoms with Gasteiger partial charge in [0, 0.05) is 18.2 Å². The fourth-order valence-corrected chi connectivity index (χ4v) is 3.38. The lowest BCUT2D eigenvalue weighted by Gasteiger charge is -2.12. The molecule has 0 aromatic carbocycles. The molecule has 0 fully saturated rings. The summed E-state index contributed by atoms with van der Waals surface area (Å²) in [7, 11) is -3.66. The standard InChI is InChI=1S/C11H17N5O2S2/c1-5-16-7-8(6-12-16)20(17,18)15-10-14-13-9(19-10)11(2,3)4/h6-7H,5H2,1-4H3,(H,14,15). The summed E-state index contributed by atoms with van der Waals surface area (Å²) >= 11 is 1.23. The average molecular weight is 315 g/mol. The molecule has 1 N–H and O–H groups in total. The summed E-state index contributed by atoms with van der Waals surface area (Å²) in [6, 6.07) is 0. The van der Waals surface area contributed by atoms with Crippen LogP contribution in [-0.4, -0.2) is 28.4 Å². The Labute approximate surface area is 122 Å². The predicted molar refractivity (Wildman–Crippen MR) is 77.3 cm³/mol. The van der Waals surface area contributed by atoms with Crippen molar-refractivity contribution in [1.82, 2.24) is 20.0 Å². The summed E-state index contributed by atoms with van der Waals surface area (Å²) in [5.41, 5.74) is -0.158. The zero-order chi connectivity index (χ0) is 15.0. The highest BCUT2D eigenvalue weighted by molar-refractivity contribution is 7.93. The molecule has 20 heavy (non-hydrogen) atoms. The van der Waals surface area contributed by atoms with E-state index >= 15 is 0 Å². The average Bonchev–Trinajstić information content (AvgIpc) is 2.95. The van der Waals surface area contributed by atoms with Gasteiger partial charge in [-0.25, -0.2) is 8.42 Å². The highest BCUT2D eigenvalue weighted by Gasteiger charge is 2.22. The van der Waals surface area contributed by atoms with Gasteiger partial charge in [0.1, 0.15) is 9.90 Å². The van der Waals surface area contributed by atoms with E-state index in [4.69, 9.17) is 0 Å². The summed E-state index contributed by atoms with van der Waals surface area (Å²) in [5.74, 6) is 0. The van der Waals surface area contributed by atoms with E-state index in [-0.39, 0.29) is 15.4 Å². The maximum atomic E-state index is 12.2. The van der Waals surface area contributed by atoms with Crippen molar-refractivity contribution in [3.05, 3.63) is 17.4 Å². The van der Waals surface area contributed by atoms with E-state index in [0.717, 1.165) is 5.01 Å². The second kappa shape index (κ2) is 5.13. The van der Waals surface area contributed by atoms with Gasteiger partial charge in [-0.1, -0.05) is 32.1 Å². The molecule has 0 saturated carbocycles. The molecule has 0 spiro atoms. The number of nitrogens with one attached hydrogen (secondary N) is 1. The largest absolute Gasteiger partial charge is 0.272 e. The van der Waals surface area contributed by atoms with Gasteiger partial charge < -0.3 is 0 Å². The molecular formula is C11H17N5O2S2. The molecular weight excluding hydrogens is 298 g/mol. The minimum Gasteiger partial charge on any atom is -0.272 e. The van der Waals surface area contributed by atoms with Crippen LogP contribution in [0.5, 0.6) is 0 Å². The van der Waals surface area contributed by atoms with Gasteiger partial charge in [-0.15, -0.1) is 10.2 Å². The summed E-state index contributed by atoms with van der Waals surface area (Å²) in [5, 5.41) is 12.9. The summed E-state index contributed by atoms with van der Waals surface area (Å²) in [6.45, 7) is 8.49. The number of anilines is 1. The lowest BCUT2D eigenvalue weighted by Crippen LogP contribution is -2.12. The van der Waals surface area contributed by atoms with Crippen LogP contribution < -0.4 is 4.72 Å². The van der Waals surface area contributed by atoms with E-state index in [9.17, 15) is 8.42 Å². The summed E-state index contributed by atoms with van der Waals surface area (Å²) < 4.78 is 28.3. The topological polar surface area (TPSA) is 89.8 Å². The van der Waals surface area contributed by atoms with Crippen LogP contribution in [0.2, 0.25) is 0 Å². The third-order valence-corrected chi connectivity index (χ3v) is 5.22. The van der Waals surface area contributed by atoms with Gasteiger partial charge in [0.2, 0.25) is 5.13 Å². The fraction of sp³-hybridized carbons (Fsp3) is 0.545. The number of nitrogens with zero attached hydrogens (tertiary/aromatic N) is 4. The quantitative estimate of drug-likeness (QED) is 0.930. The first kappa shape index (κ1) is 14.9. The first-order chi connectivity index (χ1) is 9.22. The van der Waals surface area contributed by atoms with Crippen LogP contribution >= 0.6 is 11.3 Å². The number of aromatic nitrogens is 4. The number of rotatable bonds is 4. The third kappa shape index (κ3) is 3.15. The van der Waals surface area contributed by atoms with Crippen LogP contribution in [0.3, 0.4) is 0 Å². The number of aryl methyl sites for hydroxylation is 1. The summed E-state index contributed by atoms with van der Waals surface area (Å²) in [6.07, 6.45) is 2.80. The second-order valence-corrected chi connectivity index (χ2v) is 7.96. The van der Waals surface area contributed by atoms with Crippen LogP contribution in [0.1, 0.15) is 32.7 Å². The van der Waals surface area contributed by atoms with Crippen molar-refractivity contribution in [2.45, 2.75) is 44.6 Å². The molecule has 2 aromatic heterocycles. The minimum absolute atomic E-state index is 0.117. The van der Waals surface area contributed by atoms with Crippen molar-refractivity contribution in [2.75, 3.05) is 4.72 Å². The van der Waals surface area contributed by atoms with Gasteiger partial charge in [0.15, 0.2) is 0 Å². The SMILES string of the molecule is CCn1cc(S(=O)(=O)Nc2nnc(C(C)(C)C)s2)cn1. The van der Waals surface area contributed by atoms with E-state index in [1.165, 1.54) is 23.7 Å². The maximum Gasteiger partial charge on any atom is 0.266 e. The van der Waals surface area contributed by atoms with Crippen LogP contribution in [0.15, 0.2) is 17.3 Å². The Hall–Kier alpha value is -1.48. The zero-order valence-corrected chi connectivity index (χ0v) is 13.4. The molecule has 0 aliphatic heterocycles. The molecule has 0 unspecified atom stereocenters. The molecule has 0 aliphatic carbocycles. The summed E-state index contributed by atoms with van der Waals surface area (Å²) in [4.78, 5) is 0.117. The molecule has 110 valence electrons. The predicted octanol–water partition coefficient (Wildman–Crippen LogP) is 1.85. The fourth-order valence-electron chi connectivity index (χ4n) is 1.40. The van der Waals surface area contributed by atoms with Crippen molar-refractivity contribution in [2.24, 2.45) is 0 Å². The van der Waals surface area contributed by atoms with E-state index in [1.807, 2.05) is 27.7 Å². The van der Waals surface area contributed by atoms with Crippen LogP contribution in [-0.2, 0) is 22.0 Å². The molecule has 0 atom stereocenters. The molecule has 9 heteroatoms. The molecule has 2 rings (SSSR count). The molecule has 0 radical (unpaired) electrons. The van der Waals surface area contributed by atoms with Gasteiger partial charge in [0.05, 0.1) is 6.20 Å². The zero-order valence-electron chi connectivity index (χ0n) is 11.8. The van der Waals surface area contributed by atoms with Crippen molar-refractivity contribution in [1.29, 1.82) is 0 Å². The van der Waals surface area contributed by atoms with Crippen molar-refractivity contribution < 1.29 is 8.42 Å². The van der Waals surface area contributed by atoms with E-state index in [1.54, 1.807) is 4.68 Å². The molecule has 0 aliphatic rings. The van der Waals surface area contributed by atoms with Crippen LogP contribution in [0.4, 0.5) is 5.13 Å². The second-order valence-electron chi connectivity index (χ2n) is 5.30. The molecule has 2 aromatic rings. The Morgan fingerprint density at radius 1 is 1.35 bits per heavy atom. The first-order valence-corrected chi connectivity index (χ1v) is 8.41. The Morgan fingerprint density at radius 2 is 2.05 bits per heavy atom. The number of hydrogen-bond acceptors (Lipinski definition) is 6. The number of sulfonamides is 1. The minimum atomic E-state index is -3.66. The van der Waals surface area contributed by atoms with Crippen LogP contribution in [0, 0.1) is 0 Å². The number of hydrogen-bond donors (Lipinski definition) is 1. The first-order valence-electron chi connectivity index (χ1n) is 6.11. The monoisotopic (exact) mass is 315 g/mol. The Morgan fingerprint density at radius 3 is 2.55 bits per heavy atom. The molecule has 0 amide bonds. The normalized spacial score (nSPS) is 12.6. The van der Waals surface area contributed by atoms with Crippen molar-refractivity contribution in [3.8, 4) is 0 Å². The lowest BCUT2D eigenvalue weighted by molar-refractivity contribution is 0.578. The van der Waals surface area contributed by atoms with E-state index in [0.29, 0.717) is 6.54 Å². The molecule has 0 saturated heterocycles.